The van der Waals surface area contributed by atoms with Crippen LogP contribution in [0.25, 0.3) is 0 Å². The number of amidine groups is 1. The first-order chi connectivity index (χ1) is 21.0. The Hall–Kier alpha value is -4.94. The minimum absolute atomic E-state index is 0.140. The molecule has 3 aromatic carbocycles. The number of anilines is 2. The fourth-order valence-corrected chi connectivity index (χ4v) is 4.34. The minimum atomic E-state index is -0.978. The monoisotopic (exact) mass is 606 g/mol. The predicted molar refractivity (Wildman–Crippen MR) is 165 cm³/mol. The second-order valence-electron chi connectivity index (χ2n) is 10.0. The maximum absolute atomic E-state index is 13.4. The van der Waals surface area contributed by atoms with E-state index in [2.05, 4.69) is 16.0 Å². The van der Waals surface area contributed by atoms with E-state index >= 15 is 0 Å². The van der Waals surface area contributed by atoms with Gasteiger partial charge in [0.05, 0.1) is 25.4 Å². The number of aliphatic hydroxyl groups is 2. The molecule has 1 unspecified atom stereocenters. The van der Waals surface area contributed by atoms with Gasteiger partial charge in [0.1, 0.15) is 17.7 Å². The highest BCUT2D eigenvalue weighted by molar-refractivity contribution is 6.09. The molecule has 0 saturated carbocycles. The molecular formula is C32H38N4O8. The Morgan fingerprint density at radius 2 is 1.75 bits per heavy atom. The van der Waals surface area contributed by atoms with Crippen LogP contribution in [-0.2, 0) is 29.1 Å². The van der Waals surface area contributed by atoms with Gasteiger partial charge in [0.15, 0.2) is 0 Å². The summed E-state index contributed by atoms with van der Waals surface area (Å²) in [7, 11) is 0. The van der Waals surface area contributed by atoms with Crippen LogP contribution in [0.3, 0.4) is 0 Å². The first-order valence-corrected chi connectivity index (χ1v) is 14.1. The molecule has 3 rings (SSSR count). The molecule has 12 nitrogen and oxygen atoms in total. The molecule has 0 heterocycles. The summed E-state index contributed by atoms with van der Waals surface area (Å²) >= 11 is 0. The molecule has 0 fully saturated rings. The zero-order valence-electron chi connectivity index (χ0n) is 24.9. The number of hydrogen-bond donors (Lipinski definition) is 7. The number of rotatable bonds is 14. The molecular weight excluding hydrogens is 568 g/mol. The summed E-state index contributed by atoms with van der Waals surface area (Å²) < 4.78 is 10.7. The Kier molecular flexibility index (Phi) is 12.2. The number of alkyl carbamates (subject to hydrolysis) is 1. The number of aliphatic carboxylic acids is 1. The number of ether oxygens (including phenoxy) is 2. The summed E-state index contributed by atoms with van der Waals surface area (Å²) in [5.41, 5.74) is 4.50. The van der Waals surface area contributed by atoms with Gasteiger partial charge in [-0.15, -0.1) is 0 Å². The molecule has 0 aliphatic carbocycles. The maximum Gasteiger partial charge on any atom is 0.412 e. The van der Waals surface area contributed by atoms with Gasteiger partial charge in [0.25, 0.3) is 5.91 Å². The predicted octanol–water partition coefficient (Wildman–Crippen LogP) is 4.20. The van der Waals surface area contributed by atoms with Crippen LogP contribution in [0.4, 0.5) is 16.2 Å². The van der Waals surface area contributed by atoms with E-state index in [1.807, 2.05) is 13.0 Å². The van der Waals surface area contributed by atoms with Gasteiger partial charge in [0, 0.05) is 29.9 Å². The summed E-state index contributed by atoms with van der Waals surface area (Å²) in [5.74, 6) is -1.13. The molecule has 0 spiro atoms. The standard InChI is InChI=1S/C32H38N4O8/c1-4-43-32(42)36-30(33)22-6-8-24(9-7-22)35-31(41)26-13-19(2)5-11-27(26)34-16-23-14-21(18-38)15-28(44-20(3)17-37)25(23)10-12-29(39)40/h5-9,11,13-15,20,34,37-38H,4,10,12,16-18H2,1-3H3,(H,35,41)(H,39,40)(H2,33,36,42). The van der Waals surface area contributed by atoms with Crippen molar-refractivity contribution in [2.24, 2.45) is 0 Å². The number of hydrogen-bond acceptors (Lipinski definition) is 9. The summed E-state index contributed by atoms with van der Waals surface area (Å²) in [6, 6.07) is 15.1. The van der Waals surface area contributed by atoms with Gasteiger partial charge in [-0.2, -0.15) is 0 Å². The number of carboxylic acid groups (broad SMARTS) is 1. The molecule has 7 N–H and O–H groups in total. The first kappa shape index (κ1) is 33.6. The third-order valence-corrected chi connectivity index (χ3v) is 6.54. The van der Waals surface area contributed by atoms with Crippen LogP contribution in [0, 0.1) is 12.3 Å². The Bertz CT molecular complexity index is 1490. The lowest BCUT2D eigenvalue weighted by molar-refractivity contribution is -0.136. The van der Waals surface area contributed by atoms with Crippen molar-refractivity contribution < 1.29 is 39.2 Å². The second kappa shape index (κ2) is 16.1. The van der Waals surface area contributed by atoms with E-state index in [0.29, 0.717) is 44.9 Å². The van der Waals surface area contributed by atoms with Crippen LogP contribution in [0.5, 0.6) is 5.75 Å². The summed E-state index contributed by atoms with van der Waals surface area (Å²) in [6.07, 6.45) is -1.26. The van der Waals surface area contributed by atoms with Crippen molar-refractivity contribution in [3.05, 3.63) is 88.0 Å². The van der Waals surface area contributed by atoms with Crippen molar-refractivity contribution in [1.82, 2.24) is 5.32 Å². The van der Waals surface area contributed by atoms with Crippen molar-refractivity contribution in [2.45, 2.75) is 52.9 Å². The molecule has 0 bridgehead atoms. The number of benzene rings is 3. The number of carbonyl (C=O) groups is 3. The highest BCUT2D eigenvalue weighted by Crippen LogP contribution is 2.29. The summed E-state index contributed by atoms with van der Waals surface area (Å²) in [6.45, 7) is 5.06. The fourth-order valence-electron chi connectivity index (χ4n) is 4.34. The number of carbonyl (C=O) groups excluding carboxylic acids is 2. The normalized spacial score (nSPS) is 11.3. The third kappa shape index (κ3) is 9.54. The minimum Gasteiger partial charge on any atom is -0.488 e. The third-order valence-electron chi connectivity index (χ3n) is 6.54. The van der Waals surface area contributed by atoms with Gasteiger partial charge in [0.2, 0.25) is 0 Å². The number of aryl methyl sites for hydroxylation is 1. The largest absolute Gasteiger partial charge is 0.488 e. The zero-order valence-corrected chi connectivity index (χ0v) is 24.9. The van der Waals surface area contributed by atoms with Gasteiger partial charge in [-0.25, -0.2) is 4.79 Å². The van der Waals surface area contributed by atoms with Crippen LogP contribution in [0.2, 0.25) is 0 Å². The molecule has 0 radical (unpaired) electrons. The molecule has 0 saturated heterocycles. The van der Waals surface area contributed by atoms with Crippen LogP contribution in [-0.4, -0.2) is 58.4 Å². The van der Waals surface area contributed by atoms with Gasteiger partial charge >= 0.3 is 12.1 Å². The van der Waals surface area contributed by atoms with Crippen molar-refractivity contribution in [1.29, 1.82) is 5.41 Å². The average Bonchev–Trinajstić information content (AvgIpc) is 2.99. The Balaban J connectivity index is 1.83. The number of amides is 2. The van der Waals surface area contributed by atoms with Crippen LogP contribution in [0.1, 0.15) is 58.4 Å². The van der Waals surface area contributed by atoms with Crippen LogP contribution < -0.4 is 20.7 Å². The van der Waals surface area contributed by atoms with Crippen LogP contribution in [0.15, 0.2) is 54.6 Å². The Labute approximate surface area is 255 Å². The fraction of sp³-hybridized carbons (Fsp3) is 0.312. The van der Waals surface area contributed by atoms with E-state index in [4.69, 9.17) is 14.9 Å². The smallest absolute Gasteiger partial charge is 0.412 e. The second-order valence-corrected chi connectivity index (χ2v) is 10.0. The Morgan fingerprint density at radius 3 is 2.39 bits per heavy atom. The van der Waals surface area contributed by atoms with Gasteiger partial charge in [-0.3, -0.25) is 20.3 Å². The molecule has 0 aliphatic heterocycles. The van der Waals surface area contributed by atoms with E-state index < -0.39 is 18.2 Å². The zero-order chi connectivity index (χ0) is 32.2. The van der Waals surface area contributed by atoms with E-state index in [-0.39, 0.29) is 50.9 Å². The molecule has 1 atom stereocenters. The highest BCUT2D eigenvalue weighted by Gasteiger charge is 2.18. The number of carboxylic acids is 1. The maximum atomic E-state index is 13.4. The molecule has 12 heteroatoms. The molecule has 3 aromatic rings. The molecule has 44 heavy (non-hydrogen) atoms. The Morgan fingerprint density at radius 1 is 1.02 bits per heavy atom. The van der Waals surface area contributed by atoms with Gasteiger partial charge in [-0.05, 0) is 86.3 Å². The lowest BCUT2D eigenvalue weighted by Gasteiger charge is -2.21. The van der Waals surface area contributed by atoms with Crippen molar-refractivity contribution >= 4 is 35.2 Å². The van der Waals surface area contributed by atoms with E-state index in [0.717, 1.165) is 5.56 Å². The molecule has 234 valence electrons. The van der Waals surface area contributed by atoms with Crippen molar-refractivity contribution in [2.75, 3.05) is 23.8 Å². The van der Waals surface area contributed by atoms with Gasteiger partial charge < -0.3 is 35.4 Å². The van der Waals surface area contributed by atoms with Crippen LogP contribution >= 0.6 is 0 Å². The van der Waals surface area contributed by atoms with Crippen molar-refractivity contribution in [3.63, 3.8) is 0 Å². The number of nitrogens with one attached hydrogen (secondary N) is 4. The quantitative estimate of drug-likeness (QED) is 0.104. The van der Waals surface area contributed by atoms with E-state index in [1.165, 1.54) is 0 Å². The first-order valence-electron chi connectivity index (χ1n) is 14.1. The van der Waals surface area contributed by atoms with E-state index in [9.17, 15) is 29.7 Å². The molecule has 0 aromatic heterocycles. The highest BCUT2D eigenvalue weighted by atomic mass is 16.5. The lowest BCUT2D eigenvalue weighted by Crippen LogP contribution is -2.31. The summed E-state index contributed by atoms with van der Waals surface area (Å²) in [4.78, 5) is 36.4. The molecule has 0 aliphatic rings. The SMILES string of the molecule is CCOC(=O)NC(=N)c1ccc(NC(=O)c2cc(C)ccc2NCc2cc(CO)cc(OC(C)CO)c2CCC(=O)O)cc1. The summed E-state index contributed by atoms with van der Waals surface area (Å²) in [5, 5.41) is 45.2. The lowest BCUT2D eigenvalue weighted by atomic mass is 9.98. The van der Waals surface area contributed by atoms with E-state index in [1.54, 1.807) is 62.4 Å². The van der Waals surface area contributed by atoms with Gasteiger partial charge in [-0.1, -0.05) is 17.7 Å². The number of aliphatic hydroxyl groups excluding tert-OH is 2. The topological polar surface area (TPSA) is 190 Å². The van der Waals surface area contributed by atoms with Crippen molar-refractivity contribution in [3.8, 4) is 5.75 Å². The average molecular weight is 607 g/mol. The molecule has 2 amide bonds.